The third-order valence-electron chi connectivity index (χ3n) is 4.63. The molecule has 0 saturated carbocycles. The van der Waals surface area contributed by atoms with E-state index in [9.17, 15) is 4.79 Å². The van der Waals surface area contributed by atoms with E-state index in [1.54, 1.807) is 17.3 Å². The first kappa shape index (κ1) is 18.4. The molecule has 30 heavy (non-hydrogen) atoms. The number of amidine groups is 1. The summed E-state index contributed by atoms with van der Waals surface area (Å²) < 4.78 is 10.8. The molecule has 3 heterocycles. The number of benzene rings is 2. The summed E-state index contributed by atoms with van der Waals surface area (Å²) in [6.45, 7) is 0.625. The number of carbonyl (C=O) groups excluding carboxylic acids is 1. The van der Waals surface area contributed by atoms with Crippen LogP contribution < -0.4 is 9.47 Å². The summed E-state index contributed by atoms with van der Waals surface area (Å²) in [5.41, 5.74) is 2.61. The maximum atomic E-state index is 13.2. The Morgan fingerprint density at radius 2 is 1.93 bits per heavy atom. The van der Waals surface area contributed by atoms with Crippen molar-refractivity contribution in [2.75, 3.05) is 6.79 Å². The van der Waals surface area contributed by atoms with Crippen LogP contribution in [0.1, 0.15) is 11.1 Å². The number of hydrogen-bond donors (Lipinski definition) is 0. The molecular weight excluding hydrogens is 398 g/mol. The highest BCUT2D eigenvalue weighted by molar-refractivity contribution is 8.18. The molecule has 1 aromatic heterocycles. The fraction of sp³-hybridized carbons (Fsp3) is 0.0870. The van der Waals surface area contributed by atoms with Crippen molar-refractivity contribution >= 4 is 34.6 Å². The predicted octanol–water partition coefficient (Wildman–Crippen LogP) is 4.61. The molecule has 0 radical (unpaired) electrons. The van der Waals surface area contributed by atoms with Crippen molar-refractivity contribution in [2.24, 2.45) is 4.99 Å². The highest BCUT2D eigenvalue weighted by atomic mass is 32.2. The second-order valence-electron chi connectivity index (χ2n) is 6.71. The van der Waals surface area contributed by atoms with Crippen molar-refractivity contribution in [1.82, 2.24) is 9.88 Å². The molecule has 1 fully saturated rings. The van der Waals surface area contributed by atoms with Crippen molar-refractivity contribution in [2.45, 2.75) is 6.54 Å². The van der Waals surface area contributed by atoms with Crippen molar-refractivity contribution in [3.8, 4) is 11.5 Å². The Bertz CT molecular complexity index is 1150. The monoisotopic (exact) mass is 415 g/mol. The number of hydrogen-bond acceptors (Lipinski definition) is 6. The highest BCUT2D eigenvalue weighted by Gasteiger charge is 2.33. The lowest BCUT2D eigenvalue weighted by molar-refractivity contribution is -0.122. The minimum Gasteiger partial charge on any atom is -0.454 e. The van der Waals surface area contributed by atoms with Gasteiger partial charge in [0.1, 0.15) is 0 Å². The molecule has 6 nitrogen and oxygen atoms in total. The number of fused-ring (bicyclic) bond motifs is 1. The Hall–Kier alpha value is -3.58. The zero-order valence-corrected chi connectivity index (χ0v) is 16.7. The van der Waals surface area contributed by atoms with Gasteiger partial charge in [-0.1, -0.05) is 30.3 Å². The summed E-state index contributed by atoms with van der Waals surface area (Å²) in [6.07, 6.45) is 5.34. The van der Waals surface area contributed by atoms with Crippen LogP contribution in [0.15, 0.2) is 83.0 Å². The first-order chi connectivity index (χ1) is 14.8. The number of thioether (sulfide) groups is 1. The van der Waals surface area contributed by atoms with Gasteiger partial charge in [0.25, 0.3) is 5.91 Å². The van der Waals surface area contributed by atoms with Gasteiger partial charge in [-0.05, 0) is 59.3 Å². The lowest BCUT2D eigenvalue weighted by atomic mass is 10.2. The van der Waals surface area contributed by atoms with Gasteiger partial charge in [-0.25, -0.2) is 4.99 Å². The van der Waals surface area contributed by atoms with Gasteiger partial charge < -0.3 is 9.47 Å². The number of nitrogens with zero attached hydrogens (tertiary/aromatic N) is 3. The Morgan fingerprint density at radius 1 is 1.07 bits per heavy atom. The molecule has 1 amide bonds. The van der Waals surface area contributed by atoms with Crippen molar-refractivity contribution in [1.29, 1.82) is 0 Å². The smallest absolute Gasteiger partial charge is 0.267 e. The van der Waals surface area contributed by atoms with Gasteiger partial charge in [-0.2, -0.15) is 0 Å². The average molecular weight is 415 g/mol. The van der Waals surface area contributed by atoms with E-state index in [1.165, 1.54) is 11.8 Å². The normalized spacial score (nSPS) is 17.9. The van der Waals surface area contributed by atoms with E-state index in [2.05, 4.69) is 4.98 Å². The molecule has 0 bridgehead atoms. The van der Waals surface area contributed by atoms with E-state index in [1.807, 2.05) is 66.7 Å². The molecule has 148 valence electrons. The first-order valence-electron chi connectivity index (χ1n) is 9.40. The third-order valence-corrected chi connectivity index (χ3v) is 5.63. The summed E-state index contributed by atoms with van der Waals surface area (Å²) in [6, 6.07) is 19.1. The van der Waals surface area contributed by atoms with Crippen LogP contribution >= 0.6 is 11.8 Å². The molecule has 0 spiro atoms. The van der Waals surface area contributed by atoms with Gasteiger partial charge in [0, 0.05) is 12.4 Å². The van der Waals surface area contributed by atoms with Crippen LogP contribution in [-0.4, -0.2) is 27.8 Å². The summed E-state index contributed by atoms with van der Waals surface area (Å²) in [5.74, 6) is 1.31. The lowest BCUT2D eigenvalue weighted by Crippen LogP contribution is -2.28. The molecule has 5 rings (SSSR count). The highest BCUT2D eigenvalue weighted by Crippen LogP contribution is 2.37. The van der Waals surface area contributed by atoms with Crippen molar-refractivity contribution in [3.63, 3.8) is 0 Å². The molecule has 2 aromatic carbocycles. The van der Waals surface area contributed by atoms with E-state index >= 15 is 0 Å². The number of amides is 1. The number of rotatable bonds is 4. The fourth-order valence-corrected chi connectivity index (χ4v) is 4.17. The van der Waals surface area contributed by atoms with Crippen molar-refractivity contribution in [3.05, 3.63) is 89.1 Å². The van der Waals surface area contributed by atoms with Crippen LogP contribution in [0.2, 0.25) is 0 Å². The maximum absolute atomic E-state index is 13.2. The van der Waals surface area contributed by atoms with Crippen LogP contribution in [0, 0.1) is 0 Å². The van der Waals surface area contributed by atoms with E-state index in [0.717, 1.165) is 16.8 Å². The molecular formula is C23H17N3O3S. The van der Waals surface area contributed by atoms with E-state index in [4.69, 9.17) is 14.5 Å². The topological polar surface area (TPSA) is 64.0 Å². The van der Waals surface area contributed by atoms with Crippen LogP contribution in [-0.2, 0) is 11.3 Å². The number of pyridine rings is 1. The van der Waals surface area contributed by atoms with Gasteiger partial charge in [-0.15, -0.1) is 0 Å². The number of para-hydroxylation sites is 1. The quantitative estimate of drug-likeness (QED) is 0.582. The summed E-state index contributed by atoms with van der Waals surface area (Å²) in [7, 11) is 0. The van der Waals surface area contributed by atoms with Gasteiger partial charge in [0.2, 0.25) is 6.79 Å². The molecule has 0 atom stereocenters. The number of carbonyl (C=O) groups is 1. The summed E-state index contributed by atoms with van der Waals surface area (Å²) in [5, 5.41) is 0.641. The molecule has 0 aliphatic carbocycles. The van der Waals surface area contributed by atoms with Crippen LogP contribution in [0.25, 0.3) is 6.08 Å². The second-order valence-corrected chi connectivity index (χ2v) is 7.71. The molecule has 0 unspecified atom stereocenters. The lowest BCUT2D eigenvalue weighted by Gasteiger charge is -2.15. The number of aliphatic imine (C=N–C) groups is 1. The van der Waals surface area contributed by atoms with E-state index in [-0.39, 0.29) is 12.7 Å². The standard InChI is InChI=1S/C23H17N3O3S/c27-22-21(12-16-8-9-19-20(11-16)29-15-28-19)30-23(25-18-6-2-1-3-7-18)26(22)14-17-5-4-10-24-13-17/h1-13H,14-15H2. The zero-order valence-electron chi connectivity index (χ0n) is 15.9. The molecule has 2 aliphatic rings. The Labute approximate surface area is 177 Å². The van der Waals surface area contributed by atoms with Gasteiger partial charge >= 0.3 is 0 Å². The third kappa shape index (κ3) is 3.79. The molecule has 0 N–H and O–H groups in total. The Morgan fingerprint density at radius 3 is 2.77 bits per heavy atom. The van der Waals surface area contributed by atoms with Crippen molar-refractivity contribution < 1.29 is 14.3 Å². The minimum atomic E-state index is -0.0869. The van der Waals surface area contributed by atoms with Gasteiger partial charge in [0.15, 0.2) is 16.7 Å². The first-order valence-corrected chi connectivity index (χ1v) is 10.2. The second kappa shape index (κ2) is 8.04. The largest absolute Gasteiger partial charge is 0.454 e. The SMILES string of the molecule is O=C1C(=Cc2ccc3c(c2)OCO3)SC(=Nc2ccccc2)N1Cc1cccnc1. The average Bonchev–Trinajstić information content (AvgIpc) is 3.35. The Balaban J connectivity index is 1.49. The molecule has 3 aromatic rings. The summed E-state index contributed by atoms with van der Waals surface area (Å²) >= 11 is 1.36. The van der Waals surface area contributed by atoms with Crippen LogP contribution in [0.5, 0.6) is 11.5 Å². The Kier molecular flexibility index (Phi) is 4.94. The van der Waals surface area contributed by atoms with E-state index < -0.39 is 0 Å². The van der Waals surface area contributed by atoms with Crippen LogP contribution in [0.3, 0.4) is 0 Å². The summed E-state index contributed by atoms with van der Waals surface area (Å²) in [4.78, 5) is 24.4. The molecule has 2 aliphatic heterocycles. The fourth-order valence-electron chi connectivity index (χ4n) is 3.17. The maximum Gasteiger partial charge on any atom is 0.267 e. The molecule has 7 heteroatoms. The minimum absolute atomic E-state index is 0.0869. The predicted molar refractivity (Wildman–Crippen MR) is 116 cm³/mol. The van der Waals surface area contributed by atoms with Gasteiger partial charge in [0.05, 0.1) is 17.1 Å². The number of aromatic nitrogens is 1. The zero-order chi connectivity index (χ0) is 20.3. The van der Waals surface area contributed by atoms with E-state index in [0.29, 0.717) is 28.1 Å². The number of ether oxygens (including phenoxy) is 2. The van der Waals surface area contributed by atoms with Crippen LogP contribution in [0.4, 0.5) is 5.69 Å². The van der Waals surface area contributed by atoms with Gasteiger partial charge in [-0.3, -0.25) is 14.7 Å². The molecule has 1 saturated heterocycles.